The summed E-state index contributed by atoms with van der Waals surface area (Å²) in [6, 6.07) is 0.839. The van der Waals surface area contributed by atoms with Crippen LogP contribution in [0.1, 0.15) is 59.3 Å². The van der Waals surface area contributed by atoms with Crippen molar-refractivity contribution in [2.45, 2.75) is 70.9 Å². The Hall–Kier alpha value is -0.0800. The van der Waals surface area contributed by atoms with Crippen LogP contribution >= 0.6 is 0 Å². The maximum Gasteiger partial charge on any atom is 0.0385 e. The van der Waals surface area contributed by atoms with Crippen LogP contribution in [0.5, 0.6) is 0 Å². The van der Waals surface area contributed by atoms with Gasteiger partial charge in [-0.2, -0.15) is 0 Å². The van der Waals surface area contributed by atoms with Crippen molar-refractivity contribution in [1.82, 2.24) is 4.90 Å². The van der Waals surface area contributed by atoms with Crippen LogP contribution in [0.2, 0.25) is 0 Å². The molecular formula is C14H28N2. The molecular weight excluding hydrogens is 196 g/mol. The lowest BCUT2D eigenvalue weighted by atomic mass is 9.62. The minimum Gasteiger partial charge on any atom is -0.329 e. The second-order valence-corrected chi connectivity index (χ2v) is 6.34. The highest BCUT2D eigenvalue weighted by Crippen LogP contribution is 2.50. The predicted molar refractivity (Wildman–Crippen MR) is 69.4 cm³/mol. The molecule has 0 aromatic heterocycles. The molecule has 94 valence electrons. The van der Waals surface area contributed by atoms with Gasteiger partial charge in [-0.3, -0.25) is 4.90 Å². The summed E-state index contributed by atoms with van der Waals surface area (Å²) in [6.45, 7) is 9.18. The topological polar surface area (TPSA) is 29.3 Å². The van der Waals surface area contributed by atoms with Crippen molar-refractivity contribution in [2.24, 2.45) is 11.1 Å². The second-order valence-electron chi connectivity index (χ2n) is 6.34. The van der Waals surface area contributed by atoms with Crippen molar-refractivity contribution >= 4 is 0 Å². The third-order valence-corrected chi connectivity index (χ3v) is 5.12. The standard InChI is InChI=1S/C14H28N2/c1-4-16(12-7-8-12)14(11-15)10-6-5-9-13(14,2)3/h12H,4-11,15H2,1-3H3. The quantitative estimate of drug-likeness (QED) is 0.795. The van der Waals surface area contributed by atoms with Crippen LogP contribution in [0, 0.1) is 5.41 Å². The maximum atomic E-state index is 6.21. The van der Waals surface area contributed by atoms with Crippen molar-refractivity contribution < 1.29 is 0 Å². The van der Waals surface area contributed by atoms with Gasteiger partial charge in [-0.25, -0.2) is 0 Å². The fourth-order valence-electron chi connectivity index (χ4n) is 3.88. The smallest absolute Gasteiger partial charge is 0.0385 e. The van der Waals surface area contributed by atoms with Gasteiger partial charge in [-0.05, 0) is 37.6 Å². The van der Waals surface area contributed by atoms with E-state index >= 15 is 0 Å². The molecule has 0 spiro atoms. The largest absolute Gasteiger partial charge is 0.329 e. The summed E-state index contributed by atoms with van der Waals surface area (Å²) in [7, 11) is 0. The number of nitrogens with zero attached hydrogens (tertiary/aromatic N) is 1. The van der Waals surface area contributed by atoms with Gasteiger partial charge in [0.1, 0.15) is 0 Å². The van der Waals surface area contributed by atoms with Crippen LogP contribution in [0.4, 0.5) is 0 Å². The fraction of sp³-hybridized carbons (Fsp3) is 1.00. The first kappa shape index (κ1) is 12.4. The van der Waals surface area contributed by atoms with Gasteiger partial charge in [-0.1, -0.05) is 33.6 Å². The summed E-state index contributed by atoms with van der Waals surface area (Å²) >= 11 is 0. The van der Waals surface area contributed by atoms with Gasteiger partial charge < -0.3 is 5.73 Å². The van der Waals surface area contributed by atoms with Crippen LogP contribution in [0.3, 0.4) is 0 Å². The Balaban J connectivity index is 2.27. The van der Waals surface area contributed by atoms with Crippen LogP contribution in [-0.2, 0) is 0 Å². The fourth-order valence-corrected chi connectivity index (χ4v) is 3.88. The van der Waals surface area contributed by atoms with E-state index in [9.17, 15) is 0 Å². The number of nitrogens with two attached hydrogens (primary N) is 1. The number of hydrogen-bond donors (Lipinski definition) is 1. The maximum absolute atomic E-state index is 6.21. The Labute approximate surface area is 101 Å². The minimum atomic E-state index is 0.279. The van der Waals surface area contributed by atoms with Crippen molar-refractivity contribution in [3.8, 4) is 0 Å². The molecule has 2 nitrogen and oxygen atoms in total. The molecule has 0 saturated heterocycles. The average molecular weight is 224 g/mol. The van der Waals surface area contributed by atoms with E-state index in [4.69, 9.17) is 5.73 Å². The summed E-state index contributed by atoms with van der Waals surface area (Å²) in [5.41, 5.74) is 6.88. The van der Waals surface area contributed by atoms with Crippen LogP contribution in [0.15, 0.2) is 0 Å². The molecule has 1 unspecified atom stereocenters. The van der Waals surface area contributed by atoms with E-state index < -0.39 is 0 Å². The van der Waals surface area contributed by atoms with Crippen molar-refractivity contribution in [1.29, 1.82) is 0 Å². The van der Waals surface area contributed by atoms with Gasteiger partial charge >= 0.3 is 0 Å². The molecule has 0 aliphatic heterocycles. The summed E-state index contributed by atoms with van der Waals surface area (Å²) in [6.07, 6.45) is 8.19. The van der Waals surface area contributed by atoms with Crippen molar-refractivity contribution in [2.75, 3.05) is 13.1 Å². The van der Waals surface area contributed by atoms with Gasteiger partial charge in [0.05, 0.1) is 0 Å². The zero-order valence-electron chi connectivity index (χ0n) is 11.3. The Morgan fingerprint density at radius 2 is 1.81 bits per heavy atom. The van der Waals surface area contributed by atoms with E-state index in [-0.39, 0.29) is 5.54 Å². The first-order valence-corrected chi connectivity index (χ1v) is 7.04. The van der Waals surface area contributed by atoms with Crippen LogP contribution in [-0.4, -0.2) is 29.6 Å². The summed E-state index contributed by atoms with van der Waals surface area (Å²) in [5, 5.41) is 0. The van der Waals surface area contributed by atoms with Gasteiger partial charge in [0, 0.05) is 18.1 Å². The number of rotatable bonds is 4. The SMILES string of the molecule is CCN(C1CC1)C1(CN)CCCCC1(C)C. The lowest BCUT2D eigenvalue weighted by Crippen LogP contribution is -2.64. The first-order chi connectivity index (χ1) is 7.57. The third-order valence-electron chi connectivity index (χ3n) is 5.12. The Kier molecular flexibility index (Phi) is 3.33. The molecule has 0 heterocycles. The molecule has 2 aliphatic rings. The van der Waals surface area contributed by atoms with Gasteiger partial charge in [0.15, 0.2) is 0 Å². The van der Waals surface area contributed by atoms with Crippen molar-refractivity contribution in [3.05, 3.63) is 0 Å². The summed E-state index contributed by atoms with van der Waals surface area (Å²) in [4.78, 5) is 2.74. The second kappa shape index (κ2) is 4.30. The Bertz CT molecular complexity index is 245. The average Bonchev–Trinajstić information content (AvgIpc) is 3.05. The molecule has 0 aromatic carbocycles. The Morgan fingerprint density at radius 1 is 1.19 bits per heavy atom. The minimum absolute atomic E-state index is 0.279. The van der Waals surface area contributed by atoms with Crippen LogP contribution in [0.25, 0.3) is 0 Å². The monoisotopic (exact) mass is 224 g/mol. The van der Waals surface area contributed by atoms with Crippen molar-refractivity contribution in [3.63, 3.8) is 0 Å². The van der Waals surface area contributed by atoms with Gasteiger partial charge in [-0.15, -0.1) is 0 Å². The highest BCUT2D eigenvalue weighted by Gasteiger charge is 2.52. The van der Waals surface area contributed by atoms with E-state index in [2.05, 4.69) is 25.7 Å². The molecule has 0 aromatic rings. The van der Waals surface area contributed by atoms with E-state index in [1.807, 2.05) is 0 Å². The highest BCUT2D eigenvalue weighted by atomic mass is 15.3. The van der Waals surface area contributed by atoms with E-state index in [1.165, 1.54) is 45.1 Å². The zero-order chi connectivity index (χ0) is 11.8. The van der Waals surface area contributed by atoms with Gasteiger partial charge in [0.25, 0.3) is 0 Å². The molecule has 2 aliphatic carbocycles. The molecule has 0 radical (unpaired) electrons. The highest BCUT2D eigenvalue weighted by molar-refractivity contribution is 5.08. The van der Waals surface area contributed by atoms with E-state index in [0.717, 1.165) is 12.6 Å². The lowest BCUT2D eigenvalue weighted by Gasteiger charge is -2.56. The molecule has 2 fully saturated rings. The molecule has 2 N–H and O–H groups in total. The zero-order valence-corrected chi connectivity index (χ0v) is 11.3. The third kappa shape index (κ3) is 1.80. The molecule has 1 atom stereocenters. The summed E-state index contributed by atoms with van der Waals surface area (Å²) in [5.74, 6) is 0. The number of hydrogen-bond acceptors (Lipinski definition) is 2. The molecule has 2 saturated carbocycles. The normalized spacial score (nSPS) is 34.3. The molecule has 2 rings (SSSR count). The van der Waals surface area contributed by atoms with E-state index in [0.29, 0.717) is 5.41 Å². The van der Waals surface area contributed by atoms with E-state index in [1.54, 1.807) is 0 Å². The van der Waals surface area contributed by atoms with Crippen LogP contribution < -0.4 is 5.73 Å². The lowest BCUT2D eigenvalue weighted by molar-refractivity contribution is -0.0465. The molecule has 2 heteroatoms. The molecule has 0 bridgehead atoms. The summed E-state index contributed by atoms with van der Waals surface area (Å²) < 4.78 is 0. The number of likely N-dealkylation sites (N-methyl/N-ethyl adjacent to an activating group) is 1. The van der Waals surface area contributed by atoms with Gasteiger partial charge in [0.2, 0.25) is 0 Å². The molecule has 0 amide bonds. The predicted octanol–water partition coefficient (Wildman–Crippen LogP) is 2.77. The Morgan fingerprint density at radius 3 is 2.25 bits per heavy atom. The first-order valence-electron chi connectivity index (χ1n) is 7.04. The molecule has 16 heavy (non-hydrogen) atoms.